The molecule has 1 saturated heterocycles. The van der Waals surface area contributed by atoms with Gasteiger partial charge in [0.05, 0.1) is 12.8 Å². The molecule has 2 heterocycles. The molecule has 1 aromatic carbocycles. The average molecular weight is 275 g/mol. The molecule has 0 saturated carbocycles. The second-order valence-corrected chi connectivity index (χ2v) is 4.89. The van der Waals surface area contributed by atoms with Crippen LogP contribution in [0.1, 0.15) is 18.4 Å². The van der Waals surface area contributed by atoms with Gasteiger partial charge in [-0.1, -0.05) is 0 Å². The summed E-state index contributed by atoms with van der Waals surface area (Å²) < 4.78 is 10.5. The molecule has 0 aliphatic carbocycles. The first kappa shape index (κ1) is 12.9. The molecule has 0 radical (unpaired) electrons. The van der Waals surface area contributed by atoms with Gasteiger partial charge < -0.3 is 9.47 Å². The fraction of sp³-hybridized carbons (Fsp3) is 0.429. The van der Waals surface area contributed by atoms with Gasteiger partial charge in [-0.2, -0.15) is 5.10 Å². The summed E-state index contributed by atoms with van der Waals surface area (Å²) in [5.74, 6) is 1.36. The number of carbonyl (C=O) groups excluding carboxylic acids is 1. The number of rotatable bonds is 4. The predicted molar refractivity (Wildman–Crippen MR) is 74.0 cm³/mol. The van der Waals surface area contributed by atoms with Crippen molar-refractivity contribution in [2.24, 2.45) is 5.10 Å². The number of likely N-dealkylation sites (tertiary alicyclic amines) is 1. The second-order valence-electron chi connectivity index (χ2n) is 4.89. The number of hydrogen-bond donors (Lipinski definition) is 1. The fourth-order valence-electron chi connectivity index (χ4n) is 2.35. The highest BCUT2D eigenvalue weighted by Crippen LogP contribution is 2.31. The minimum absolute atomic E-state index is 0.0797. The van der Waals surface area contributed by atoms with Gasteiger partial charge in [0.1, 0.15) is 0 Å². The summed E-state index contributed by atoms with van der Waals surface area (Å²) in [5.41, 5.74) is 3.40. The normalized spacial score (nSPS) is 17.8. The highest BCUT2D eigenvalue weighted by Gasteiger charge is 2.14. The third-order valence-electron chi connectivity index (χ3n) is 3.37. The van der Waals surface area contributed by atoms with Gasteiger partial charge in [0, 0.05) is 0 Å². The third-order valence-corrected chi connectivity index (χ3v) is 3.37. The molecule has 1 aromatic rings. The smallest absolute Gasteiger partial charge is 0.254 e. The highest BCUT2D eigenvalue weighted by molar-refractivity contribution is 5.83. The number of hydrazone groups is 1. The first-order valence-corrected chi connectivity index (χ1v) is 6.75. The minimum atomic E-state index is -0.0797. The van der Waals surface area contributed by atoms with E-state index in [0.29, 0.717) is 12.3 Å². The van der Waals surface area contributed by atoms with E-state index < -0.39 is 0 Å². The van der Waals surface area contributed by atoms with Gasteiger partial charge in [-0.25, -0.2) is 5.43 Å². The molecule has 6 nitrogen and oxygen atoms in total. The molecule has 3 rings (SSSR count). The maximum absolute atomic E-state index is 11.7. The molecule has 0 bridgehead atoms. The van der Waals surface area contributed by atoms with Crippen molar-refractivity contribution in [3.8, 4) is 11.5 Å². The number of benzene rings is 1. The molecule has 106 valence electrons. The lowest BCUT2D eigenvalue weighted by atomic mass is 10.2. The molecule has 1 N–H and O–H groups in total. The van der Waals surface area contributed by atoms with Crippen LogP contribution in [0.4, 0.5) is 0 Å². The first-order valence-electron chi connectivity index (χ1n) is 6.75. The van der Waals surface area contributed by atoms with Crippen LogP contribution in [0.2, 0.25) is 0 Å². The van der Waals surface area contributed by atoms with E-state index in [9.17, 15) is 4.79 Å². The maximum Gasteiger partial charge on any atom is 0.254 e. The van der Waals surface area contributed by atoms with Crippen molar-refractivity contribution in [2.75, 3.05) is 26.4 Å². The Balaban J connectivity index is 1.51. The highest BCUT2D eigenvalue weighted by atomic mass is 16.7. The van der Waals surface area contributed by atoms with Gasteiger partial charge in [0.15, 0.2) is 11.5 Å². The Kier molecular flexibility index (Phi) is 3.83. The molecule has 1 amide bonds. The molecular formula is C14H17N3O3. The molecule has 6 heteroatoms. The Morgan fingerprint density at radius 2 is 2.10 bits per heavy atom. The number of ether oxygens (including phenoxy) is 2. The molecule has 0 aromatic heterocycles. The Labute approximate surface area is 117 Å². The number of fused-ring (bicyclic) bond motifs is 1. The van der Waals surface area contributed by atoms with Gasteiger partial charge in [-0.05, 0) is 49.7 Å². The molecule has 2 aliphatic rings. The van der Waals surface area contributed by atoms with Crippen LogP contribution in [0.3, 0.4) is 0 Å². The Morgan fingerprint density at radius 3 is 2.95 bits per heavy atom. The zero-order valence-electron chi connectivity index (χ0n) is 11.2. The molecule has 0 unspecified atom stereocenters. The Bertz CT molecular complexity index is 524. The van der Waals surface area contributed by atoms with Crippen LogP contribution < -0.4 is 14.9 Å². The predicted octanol–water partition coefficient (Wildman–Crippen LogP) is 0.961. The maximum atomic E-state index is 11.7. The van der Waals surface area contributed by atoms with Crippen molar-refractivity contribution >= 4 is 12.1 Å². The van der Waals surface area contributed by atoms with Crippen LogP contribution in [0.25, 0.3) is 0 Å². The summed E-state index contributed by atoms with van der Waals surface area (Å²) in [6.07, 6.45) is 3.95. The second kappa shape index (κ2) is 5.92. The zero-order chi connectivity index (χ0) is 13.8. The summed E-state index contributed by atoms with van der Waals surface area (Å²) in [5, 5.41) is 3.96. The number of hydrogen-bond acceptors (Lipinski definition) is 5. The van der Waals surface area contributed by atoms with E-state index in [1.807, 2.05) is 18.2 Å². The molecule has 20 heavy (non-hydrogen) atoms. The minimum Gasteiger partial charge on any atom is -0.454 e. The zero-order valence-corrected chi connectivity index (χ0v) is 11.2. The number of carbonyl (C=O) groups is 1. The summed E-state index contributed by atoms with van der Waals surface area (Å²) in [7, 11) is 0. The summed E-state index contributed by atoms with van der Waals surface area (Å²) in [4.78, 5) is 13.8. The van der Waals surface area contributed by atoms with Crippen LogP contribution in [-0.2, 0) is 4.79 Å². The van der Waals surface area contributed by atoms with Crippen molar-refractivity contribution in [3.05, 3.63) is 23.8 Å². The average Bonchev–Trinajstić information content (AvgIpc) is 3.09. The third kappa shape index (κ3) is 3.08. The lowest BCUT2D eigenvalue weighted by molar-refractivity contribution is -0.121. The van der Waals surface area contributed by atoms with E-state index in [4.69, 9.17) is 9.47 Å². The summed E-state index contributed by atoms with van der Waals surface area (Å²) in [6.45, 7) is 2.67. The van der Waals surface area contributed by atoms with Crippen molar-refractivity contribution in [2.45, 2.75) is 12.8 Å². The summed E-state index contributed by atoms with van der Waals surface area (Å²) in [6, 6.07) is 5.53. The fourth-order valence-corrected chi connectivity index (χ4v) is 2.35. The summed E-state index contributed by atoms with van der Waals surface area (Å²) >= 11 is 0. The number of nitrogens with one attached hydrogen (secondary N) is 1. The van der Waals surface area contributed by atoms with Crippen molar-refractivity contribution in [3.63, 3.8) is 0 Å². The topological polar surface area (TPSA) is 63.2 Å². The van der Waals surface area contributed by atoms with Crippen LogP contribution in [0, 0.1) is 0 Å². The van der Waals surface area contributed by atoms with E-state index in [2.05, 4.69) is 15.4 Å². The van der Waals surface area contributed by atoms with E-state index in [1.165, 1.54) is 12.8 Å². The standard InChI is InChI=1S/C14H17N3O3/c18-14(9-17-5-1-2-6-17)16-15-8-11-3-4-12-13(7-11)20-10-19-12/h3-4,7-8H,1-2,5-6,9-10H2,(H,16,18)/b15-8+. The molecule has 2 aliphatic heterocycles. The van der Waals surface area contributed by atoms with Crippen LogP contribution in [0.15, 0.2) is 23.3 Å². The monoisotopic (exact) mass is 275 g/mol. The molecule has 0 atom stereocenters. The van der Waals surface area contributed by atoms with E-state index in [1.54, 1.807) is 6.21 Å². The number of nitrogens with zero attached hydrogens (tertiary/aromatic N) is 2. The Morgan fingerprint density at radius 1 is 1.30 bits per heavy atom. The van der Waals surface area contributed by atoms with Crippen LogP contribution in [0.5, 0.6) is 11.5 Å². The lowest BCUT2D eigenvalue weighted by Crippen LogP contribution is -2.33. The molecular weight excluding hydrogens is 258 g/mol. The van der Waals surface area contributed by atoms with Gasteiger partial charge in [0.2, 0.25) is 6.79 Å². The van der Waals surface area contributed by atoms with Gasteiger partial charge in [-0.15, -0.1) is 0 Å². The largest absolute Gasteiger partial charge is 0.454 e. The van der Waals surface area contributed by atoms with Gasteiger partial charge in [0.25, 0.3) is 5.91 Å². The SMILES string of the molecule is O=C(CN1CCCC1)N/N=C/c1ccc2c(c1)OCO2. The van der Waals surface area contributed by atoms with Crippen LogP contribution >= 0.6 is 0 Å². The van der Waals surface area contributed by atoms with Crippen LogP contribution in [-0.4, -0.2) is 43.4 Å². The van der Waals surface area contributed by atoms with Crippen molar-refractivity contribution in [1.82, 2.24) is 10.3 Å². The number of amides is 1. The lowest BCUT2D eigenvalue weighted by Gasteiger charge is -2.12. The Hall–Kier alpha value is -2.08. The first-order chi connectivity index (χ1) is 9.81. The molecule has 0 spiro atoms. The molecule has 1 fully saturated rings. The van der Waals surface area contributed by atoms with E-state index in [-0.39, 0.29) is 12.7 Å². The quantitative estimate of drug-likeness (QED) is 0.657. The van der Waals surface area contributed by atoms with E-state index >= 15 is 0 Å². The van der Waals surface area contributed by atoms with Gasteiger partial charge >= 0.3 is 0 Å². The van der Waals surface area contributed by atoms with Gasteiger partial charge in [-0.3, -0.25) is 9.69 Å². The van der Waals surface area contributed by atoms with Crippen molar-refractivity contribution in [1.29, 1.82) is 0 Å². The van der Waals surface area contributed by atoms with E-state index in [0.717, 1.165) is 24.4 Å². The van der Waals surface area contributed by atoms with Crippen molar-refractivity contribution < 1.29 is 14.3 Å².